The Hall–Kier alpha value is -3.48. The van der Waals surface area contributed by atoms with E-state index in [1.807, 2.05) is 42.5 Å². The average Bonchev–Trinajstić information content (AvgIpc) is 3.13. The zero-order chi connectivity index (χ0) is 21.3. The van der Waals surface area contributed by atoms with Gasteiger partial charge in [0.1, 0.15) is 5.76 Å². The summed E-state index contributed by atoms with van der Waals surface area (Å²) in [5.41, 5.74) is 2.33. The molecule has 0 aliphatic carbocycles. The van der Waals surface area contributed by atoms with E-state index in [1.54, 1.807) is 31.1 Å². The van der Waals surface area contributed by atoms with Gasteiger partial charge in [-0.15, -0.1) is 0 Å². The molecule has 0 aliphatic heterocycles. The first-order valence-corrected chi connectivity index (χ1v) is 9.90. The molecule has 2 heterocycles. The van der Waals surface area contributed by atoms with Crippen molar-refractivity contribution in [2.45, 2.75) is 33.2 Å². The number of oxazole rings is 1. The average molecular weight is 407 g/mol. The minimum absolute atomic E-state index is 0.0885. The maximum atomic E-state index is 13.1. The number of esters is 1. The highest BCUT2D eigenvalue weighted by Crippen LogP contribution is 2.22. The van der Waals surface area contributed by atoms with Crippen LogP contribution in [0.5, 0.6) is 0 Å². The number of aromatic nitrogens is 2. The van der Waals surface area contributed by atoms with Gasteiger partial charge < -0.3 is 14.1 Å². The molecule has 0 spiro atoms. The van der Waals surface area contributed by atoms with Crippen LogP contribution in [-0.4, -0.2) is 39.9 Å². The van der Waals surface area contributed by atoms with Gasteiger partial charge in [0.25, 0.3) is 0 Å². The van der Waals surface area contributed by atoms with Gasteiger partial charge in [-0.3, -0.25) is 14.6 Å². The highest BCUT2D eigenvalue weighted by Gasteiger charge is 2.20. The van der Waals surface area contributed by atoms with E-state index in [2.05, 4.69) is 9.97 Å². The van der Waals surface area contributed by atoms with Crippen LogP contribution in [0.15, 0.2) is 59.3 Å². The van der Waals surface area contributed by atoms with Crippen LogP contribution >= 0.6 is 0 Å². The Bertz CT molecular complexity index is 971. The fourth-order valence-electron chi connectivity index (χ4n) is 3.01. The van der Waals surface area contributed by atoms with E-state index in [1.165, 1.54) is 0 Å². The molecule has 0 radical (unpaired) electrons. The van der Waals surface area contributed by atoms with Crippen LogP contribution in [0.4, 0.5) is 0 Å². The molecule has 7 nitrogen and oxygen atoms in total. The molecule has 7 heteroatoms. The zero-order valence-electron chi connectivity index (χ0n) is 17.2. The molecule has 0 saturated carbocycles. The van der Waals surface area contributed by atoms with E-state index < -0.39 is 0 Å². The Balaban J connectivity index is 1.73. The summed E-state index contributed by atoms with van der Waals surface area (Å²) in [7, 11) is 0. The van der Waals surface area contributed by atoms with E-state index in [9.17, 15) is 9.59 Å². The first-order valence-electron chi connectivity index (χ1n) is 9.90. The van der Waals surface area contributed by atoms with Gasteiger partial charge in [-0.2, -0.15) is 0 Å². The van der Waals surface area contributed by atoms with Crippen molar-refractivity contribution in [2.24, 2.45) is 0 Å². The number of hydrogen-bond donors (Lipinski definition) is 0. The molecule has 156 valence electrons. The van der Waals surface area contributed by atoms with Crippen molar-refractivity contribution < 1.29 is 18.7 Å². The Morgan fingerprint density at radius 3 is 2.63 bits per heavy atom. The number of carbonyl (C=O) groups excluding carboxylic acids is 2. The molecule has 2 aromatic heterocycles. The number of carbonyl (C=O) groups is 2. The van der Waals surface area contributed by atoms with Crippen LogP contribution in [0.25, 0.3) is 11.5 Å². The lowest BCUT2D eigenvalue weighted by molar-refractivity contribution is -0.144. The van der Waals surface area contributed by atoms with E-state index in [-0.39, 0.29) is 31.3 Å². The summed E-state index contributed by atoms with van der Waals surface area (Å²) >= 11 is 0. The van der Waals surface area contributed by atoms with Gasteiger partial charge >= 0.3 is 5.97 Å². The van der Waals surface area contributed by atoms with Crippen molar-refractivity contribution in [2.75, 3.05) is 13.2 Å². The summed E-state index contributed by atoms with van der Waals surface area (Å²) in [6, 6.07) is 13.3. The van der Waals surface area contributed by atoms with Gasteiger partial charge in [0.05, 0.1) is 25.1 Å². The Kier molecular flexibility index (Phi) is 7.32. The standard InChI is InChI=1S/C23H25N3O4/c1-3-29-22(28)11-13-26(16-18-8-7-12-24-15-18)21(27)14-20-17(2)30-23(25-20)19-9-5-4-6-10-19/h4-10,12,15H,3,11,13-14,16H2,1-2H3. The van der Waals surface area contributed by atoms with Crippen LogP contribution in [0.1, 0.15) is 30.4 Å². The molecule has 0 atom stereocenters. The van der Waals surface area contributed by atoms with Gasteiger partial charge in [-0.1, -0.05) is 24.3 Å². The normalized spacial score (nSPS) is 10.6. The topological polar surface area (TPSA) is 85.5 Å². The maximum absolute atomic E-state index is 13.1. The number of hydrogen-bond acceptors (Lipinski definition) is 6. The Morgan fingerprint density at radius 1 is 1.13 bits per heavy atom. The first kappa shape index (κ1) is 21.2. The number of rotatable bonds is 9. The van der Waals surface area contributed by atoms with Crippen LogP contribution in [0, 0.1) is 6.92 Å². The van der Waals surface area contributed by atoms with Crippen molar-refractivity contribution in [3.05, 3.63) is 71.9 Å². The smallest absolute Gasteiger partial charge is 0.307 e. The van der Waals surface area contributed by atoms with Gasteiger partial charge in [-0.25, -0.2) is 4.98 Å². The predicted octanol–water partition coefficient (Wildman–Crippen LogP) is 3.57. The Labute approximate surface area is 175 Å². The zero-order valence-corrected chi connectivity index (χ0v) is 17.2. The number of ether oxygens (including phenoxy) is 1. The van der Waals surface area contributed by atoms with E-state index >= 15 is 0 Å². The maximum Gasteiger partial charge on any atom is 0.307 e. The molecular formula is C23H25N3O4. The lowest BCUT2D eigenvalue weighted by Gasteiger charge is -2.22. The van der Waals surface area contributed by atoms with Crippen LogP contribution < -0.4 is 0 Å². The molecular weight excluding hydrogens is 382 g/mol. The minimum Gasteiger partial charge on any atom is -0.466 e. The summed E-state index contributed by atoms with van der Waals surface area (Å²) in [5, 5.41) is 0. The van der Waals surface area contributed by atoms with Crippen molar-refractivity contribution in [3.63, 3.8) is 0 Å². The third-order valence-electron chi connectivity index (χ3n) is 4.57. The fourth-order valence-corrected chi connectivity index (χ4v) is 3.01. The predicted molar refractivity (Wildman–Crippen MR) is 111 cm³/mol. The monoisotopic (exact) mass is 407 g/mol. The lowest BCUT2D eigenvalue weighted by atomic mass is 10.2. The molecule has 0 bridgehead atoms. The largest absolute Gasteiger partial charge is 0.466 e. The Morgan fingerprint density at radius 2 is 1.93 bits per heavy atom. The summed E-state index contributed by atoms with van der Waals surface area (Å²) in [6.07, 6.45) is 3.61. The first-order chi connectivity index (χ1) is 14.6. The molecule has 3 aromatic rings. The molecule has 0 unspecified atom stereocenters. The molecule has 1 amide bonds. The van der Waals surface area contributed by atoms with E-state index in [0.29, 0.717) is 30.5 Å². The number of aryl methyl sites for hydroxylation is 1. The summed E-state index contributed by atoms with van der Waals surface area (Å²) in [6.45, 7) is 4.49. The van der Waals surface area contributed by atoms with Gasteiger partial charge in [0.15, 0.2) is 0 Å². The van der Waals surface area contributed by atoms with Crippen molar-refractivity contribution in [3.8, 4) is 11.5 Å². The van der Waals surface area contributed by atoms with Crippen LogP contribution in [-0.2, 0) is 27.3 Å². The van der Waals surface area contributed by atoms with Gasteiger partial charge in [0, 0.05) is 31.0 Å². The highest BCUT2D eigenvalue weighted by molar-refractivity contribution is 5.79. The van der Waals surface area contributed by atoms with E-state index in [4.69, 9.17) is 9.15 Å². The second-order valence-corrected chi connectivity index (χ2v) is 6.80. The summed E-state index contributed by atoms with van der Waals surface area (Å²) in [4.78, 5) is 35.1. The second-order valence-electron chi connectivity index (χ2n) is 6.80. The number of pyridine rings is 1. The van der Waals surface area contributed by atoms with Crippen molar-refractivity contribution in [1.29, 1.82) is 0 Å². The number of nitrogens with zero attached hydrogens (tertiary/aromatic N) is 3. The molecule has 30 heavy (non-hydrogen) atoms. The van der Waals surface area contributed by atoms with Crippen molar-refractivity contribution >= 4 is 11.9 Å². The molecule has 0 fully saturated rings. The lowest BCUT2D eigenvalue weighted by Crippen LogP contribution is -2.34. The fraction of sp³-hybridized carbons (Fsp3) is 0.304. The third kappa shape index (κ3) is 5.76. The van der Waals surface area contributed by atoms with E-state index in [0.717, 1.165) is 11.1 Å². The third-order valence-corrected chi connectivity index (χ3v) is 4.57. The number of benzene rings is 1. The molecule has 0 saturated heterocycles. The van der Waals surface area contributed by atoms with Crippen LogP contribution in [0.3, 0.4) is 0 Å². The summed E-state index contributed by atoms with van der Waals surface area (Å²) in [5.74, 6) is 0.625. The molecule has 0 aliphatic rings. The molecule has 3 rings (SSSR count). The second kappa shape index (κ2) is 10.3. The van der Waals surface area contributed by atoms with Crippen LogP contribution in [0.2, 0.25) is 0 Å². The SMILES string of the molecule is CCOC(=O)CCN(Cc1cccnc1)C(=O)Cc1nc(-c2ccccc2)oc1C. The molecule has 0 N–H and O–H groups in total. The highest BCUT2D eigenvalue weighted by atomic mass is 16.5. The molecule has 1 aromatic carbocycles. The van der Waals surface area contributed by atoms with Gasteiger partial charge in [-0.05, 0) is 37.6 Å². The van der Waals surface area contributed by atoms with Gasteiger partial charge in [0.2, 0.25) is 11.8 Å². The quantitative estimate of drug-likeness (QED) is 0.504. The minimum atomic E-state index is -0.328. The summed E-state index contributed by atoms with van der Waals surface area (Å²) < 4.78 is 10.8. The van der Waals surface area contributed by atoms with Crippen molar-refractivity contribution in [1.82, 2.24) is 14.9 Å². The number of amides is 1.